The van der Waals surface area contributed by atoms with Gasteiger partial charge < -0.3 is 10.2 Å². The summed E-state index contributed by atoms with van der Waals surface area (Å²) in [6.07, 6.45) is 0. The predicted molar refractivity (Wildman–Crippen MR) is 127 cm³/mol. The number of phenols is 2. The first-order valence-electron chi connectivity index (χ1n) is 9.63. The Bertz CT molecular complexity index is 832. The summed E-state index contributed by atoms with van der Waals surface area (Å²) in [4.78, 5) is 0. The Balaban J connectivity index is 0.000000384. The van der Waals surface area contributed by atoms with Crippen molar-refractivity contribution in [3.05, 3.63) is 145 Å². The van der Waals surface area contributed by atoms with Crippen LogP contribution >= 0.6 is 0 Å². The molecule has 2 N–H and O–H groups in total. The number of hydrogen-bond donors (Lipinski definition) is 2. The molecule has 31 heavy (non-hydrogen) atoms. The first kappa shape index (κ1) is 27.9. The number of aromatic hydroxyl groups is 2. The van der Waals surface area contributed by atoms with Crippen molar-refractivity contribution in [1.82, 2.24) is 0 Å². The van der Waals surface area contributed by atoms with E-state index in [1.165, 1.54) is 0 Å². The second-order valence-electron chi connectivity index (χ2n) is 6.54. The molecule has 0 amide bonds. The van der Waals surface area contributed by atoms with E-state index in [9.17, 15) is 0 Å². The molecule has 0 saturated heterocycles. The fourth-order valence-electron chi connectivity index (χ4n) is 2.08. The van der Waals surface area contributed by atoms with E-state index in [2.05, 4.69) is 13.8 Å². The van der Waals surface area contributed by atoms with Crippen molar-refractivity contribution in [3.63, 3.8) is 0 Å². The monoisotopic (exact) mass is 446 g/mol. The maximum atomic E-state index is 8.92. The van der Waals surface area contributed by atoms with Crippen molar-refractivity contribution >= 4 is 0 Å². The maximum absolute atomic E-state index is 8.92. The van der Waals surface area contributed by atoms with Crippen molar-refractivity contribution in [3.8, 4) is 11.5 Å². The van der Waals surface area contributed by atoms with E-state index >= 15 is 0 Å². The van der Waals surface area contributed by atoms with Crippen LogP contribution in [0.3, 0.4) is 0 Å². The third-order valence-electron chi connectivity index (χ3n) is 3.92. The summed E-state index contributed by atoms with van der Waals surface area (Å²) in [5.74, 6) is 0.736. The van der Waals surface area contributed by atoms with Crippen LogP contribution in [0.25, 0.3) is 0 Å². The van der Waals surface area contributed by atoms with Crippen molar-refractivity contribution in [2.45, 2.75) is 13.8 Å². The molecule has 158 valence electrons. The normalized spacial score (nSPS) is 8.58. The molecule has 0 aromatic heterocycles. The summed E-state index contributed by atoms with van der Waals surface area (Å²) in [5.41, 5.74) is 3.99. The molecular formula is C28H30O2Ti. The van der Waals surface area contributed by atoms with Gasteiger partial charge in [-0.1, -0.05) is 48.5 Å². The predicted octanol–water partition coefficient (Wildman–Crippen LogP) is 7.14. The Labute approximate surface area is 202 Å². The maximum Gasteiger partial charge on any atom is 2.00 e. The molecule has 0 unspecified atom stereocenters. The van der Waals surface area contributed by atoms with Gasteiger partial charge in [0.1, 0.15) is 11.5 Å². The zero-order valence-electron chi connectivity index (χ0n) is 18.2. The molecule has 0 atom stereocenters. The van der Waals surface area contributed by atoms with Gasteiger partial charge in [-0.15, -0.1) is 24.3 Å². The molecule has 4 aromatic carbocycles. The SMILES string of the molecule is Cc1ccccc1O.Cc1ccccc1O.[CH2-]c1ccccc1.[CH2-]c1ccccc1.[Ti+2]. The zero-order valence-corrected chi connectivity index (χ0v) is 19.8. The molecule has 0 saturated carbocycles. The number of benzene rings is 4. The van der Waals surface area contributed by atoms with Crippen molar-refractivity contribution in [2.24, 2.45) is 0 Å². The van der Waals surface area contributed by atoms with Gasteiger partial charge in [0, 0.05) is 0 Å². The molecule has 0 aliphatic carbocycles. The van der Waals surface area contributed by atoms with Crippen molar-refractivity contribution < 1.29 is 31.9 Å². The fourth-order valence-corrected chi connectivity index (χ4v) is 2.08. The van der Waals surface area contributed by atoms with Crippen LogP contribution < -0.4 is 0 Å². The average Bonchev–Trinajstić information content (AvgIpc) is 2.75. The van der Waals surface area contributed by atoms with E-state index in [-0.39, 0.29) is 21.7 Å². The molecule has 4 aromatic rings. The molecule has 4 rings (SSSR count). The summed E-state index contributed by atoms with van der Waals surface area (Å²) in [5, 5.41) is 17.8. The topological polar surface area (TPSA) is 40.5 Å². The number of aryl methyl sites for hydroxylation is 2. The molecule has 0 heterocycles. The zero-order chi connectivity index (χ0) is 22.2. The van der Waals surface area contributed by atoms with Crippen LogP contribution in [0.4, 0.5) is 0 Å². The number of rotatable bonds is 0. The van der Waals surface area contributed by atoms with Gasteiger partial charge in [-0.05, 0) is 37.1 Å². The molecule has 3 heteroatoms. The molecule has 0 spiro atoms. The second kappa shape index (κ2) is 16.7. The second-order valence-corrected chi connectivity index (χ2v) is 6.54. The van der Waals surface area contributed by atoms with Gasteiger partial charge in [0.25, 0.3) is 0 Å². The van der Waals surface area contributed by atoms with Gasteiger partial charge in [0.05, 0.1) is 0 Å². The minimum atomic E-state index is 0. The van der Waals surface area contributed by atoms with E-state index < -0.39 is 0 Å². The summed E-state index contributed by atoms with van der Waals surface area (Å²) in [7, 11) is 0. The van der Waals surface area contributed by atoms with E-state index in [0.29, 0.717) is 11.5 Å². The van der Waals surface area contributed by atoms with E-state index in [0.717, 1.165) is 22.3 Å². The molecule has 0 aliphatic rings. The van der Waals surface area contributed by atoms with Crippen LogP contribution in [-0.2, 0) is 21.7 Å². The molecule has 0 bridgehead atoms. The summed E-state index contributed by atoms with van der Waals surface area (Å²) < 4.78 is 0. The first-order chi connectivity index (χ1) is 14.4. The van der Waals surface area contributed by atoms with E-state index in [1.54, 1.807) is 12.1 Å². The molecular weight excluding hydrogens is 416 g/mol. The third-order valence-corrected chi connectivity index (χ3v) is 3.92. The number of para-hydroxylation sites is 2. The Morgan fingerprint density at radius 2 is 0.710 bits per heavy atom. The minimum absolute atomic E-state index is 0. The van der Waals surface area contributed by atoms with Crippen LogP contribution in [0.2, 0.25) is 0 Å². The molecule has 2 nitrogen and oxygen atoms in total. The summed E-state index contributed by atoms with van der Waals surface area (Å²) >= 11 is 0. The fraction of sp³-hybridized carbons (Fsp3) is 0.0714. The number of hydrogen-bond acceptors (Lipinski definition) is 2. The van der Waals surface area contributed by atoms with E-state index in [1.807, 2.05) is 111 Å². The summed E-state index contributed by atoms with van der Waals surface area (Å²) in [6, 6.07) is 34.3. The number of phenolic OH excluding ortho intramolecular Hbond substituents is 2. The van der Waals surface area contributed by atoms with Gasteiger partial charge in [0.2, 0.25) is 0 Å². The molecule has 0 fully saturated rings. The summed E-state index contributed by atoms with van der Waals surface area (Å²) in [6.45, 7) is 11.2. The Hall–Kier alpha value is -3.07. The third kappa shape index (κ3) is 13.7. The smallest absolute Gasteiger partial charge is 0.508 e. The van der Waals surface area contributed by atoms with Crippen LogP contribution in [0.1, 0.15) is 22.3 Å². The standard InChI is InChI=1S/2C7H8O.2C7H7.Ti/c2*1-6-4-2-3-5-7(6)8;2*1-7-5-3-2-4-6-7;/h2*2-5,8H,1H3;2*2-6H,1H2;/q;;2*-1;+2. The van der Waals surface area contributed by atoms with Crippen molar-refractivity contribution in [2.75, 3.05) is 0 Å². The molecule has 0 radical (unpaired) electrons. The van der Waals surface area contributed by atoms with Crippen LogP contribution in [-0.4, -0.2) is 10.2 Å². The Morgan fingerprint density at radius 1 is 0.452 bits per heavy atom. The average molecular weight is 446 g/mol. The Morgan fingerprint density at radius 3 is 0.871 bits per heavy atom. The Kier molecular flexibility index (Phi) is 15.0. The van der Waals surface area contributed by atoms with Crippen LogP contribution in [0.15, 0.2) is 109 Å². The van der Waals surface area contributed by atoms with Gasteiger partial charge in [-0.3, -0.25) is 0 Å². The first-order valence-corrected chi connectivity index (χ1v) is 9.63. The van der Waals surface area contributed by atoms with Gasteiger partial charge in [-0.25, -0.2) is 0 Å². The van der Waals surface area contributed by atoms with Gasteiger partial charge in [0.15, 0.2) is 0 Å². The van der Waals surface area contributed by atoms with Crippen LogP contribution in [0.5, 0.6) is 11.5 Å². The van der Waals surface area contributed by atoms with Crippen LogP contribution in [0, 0.1) is 27.7 Å². The molecule has 0 aliphatic heterocycles. The quantitative estimate of drug-likeness (QED) is 0.223. The van der Waals surface area contributed by atoms with E-state index in [4.69, 9.17) is 10.2 Å². The minimum Gasteiger partial charge on any atom is -0.508 e. The largest absolute Gasteiger partial charge is 2.00 e. The van der Waals surface area contributed by atoms with Gasteiger partial charge >= 0.3 is 21.7 Å². The van der Waals surface area contributed by atoms with Gasteiger partial charge in [-0.2, -0.15) is 49.2 Å². The van der Waals surface area contributed by atoms with Crippen molar-refractivity contribution in [1.29, 1.82) is 0 Å².